The molecule has 3 aromatic heterocycles. The first-order valence-corrected chi connectivity index (χ1v) is 11.9. The van der Waals surface area contributed by atoms with Crippen LogP contribution in [0.3, 0.4) is 0 Å². The Morgan fingerprint density at radius 1 is 0.972 bits per heavy atom. The van der Waals surface area contributed by atoms with E-state index < -0.39 is 0 Å². The van der Waals surface area contributed by atoms with Gasteiger partial charge in [0.1, 0.15) is 0 Å². The second kappa shape index (κ2) is 8.81. The quantitative estimate of drug-likeness (QED) is 0.314. The number of rotatable bonds is 6. The van der Waals surface area contributed by atoms with Gasteiger partial charge in [-0.25, -0.2) is 9.97 Å². The molecule has 3 heterocycles. The van der Waals surface area contributed by atoms with E-state index in [-0.39, 0.29) is 11.5 Å². The number of H-pyrrole nitrogens is 2. The third-order valence-corrected chi connectivity index (χ3v) is 6.52. The van der Waals surface area contributed by atoms with E-state index in [0.29, 0.717) is 29.8 Å². The highest BCUT2D eigenvalue weighted by molar-refractivity contribution is 5.92. The number of aromatic nitrogens is 5. The maximum absolute atomic E-state index is 13.3. The molecule has 3 N–H and O–H groups in total. The highest BCUT2D eigenvalue weighted by Crippen LogP contribution is 2.26. The van der Waals surface area contributed by atoms with Crippen LogP contribution in [-0.2, 0) is 17.8 Å². The maximum Gasteiger partial charge on any atom is 0.261 e. The second-order valence-corrected chi connectivity index (χ2v) is 8.80. The molecule has 0 atom stereocenters. The number of hydrogen-bond acceptors (Lipinski definition) is 4. The van der Waals surface area contributed by atoms with Gasteiger partial charge < -0.3 is 9.97 Å². The molecule has 0 fully saturated rings. The van der Waals surface area contributed by atoms with Gasteiger partial charge in [0.2, 0.25) is 11.9 Å². The number of imidazole rings is 1. The number of fused-ring (bicyclic) bond motifs is 3. The zero-order valence-electron chi connectivity index (χ0n) is 19.7. The van der Waals surface area contributed by atoms with Crippen LogP contribution in [0.25, 0.3) is 44.0 Å². The first-order valence-electron chi connectivity index (χ1n) is 11.9. The lowest BCUT2D eigenvalue weighted by atomic mass is 10.0. The van der Waals surface area contributed by atoms with Crippen LogP contribution in [0.2, 0.25) is 0 Å². The van der Waals surface area contributed by atoms with Gasteiger partial charge >= 0.3 is 0 Å². The molecule has 0 aliphatic heterocycles. The minimum Gasteiger partial charge on any atom is -0.361 e. The van der Waals surface area contributed by atoms with Gasteiger partial charge in [-0.05, 0) is 53.4 Å². The van der Waals surface area contributed by atoms with E-state index >= 15 is 0 Å². The molecule has 0 saturated carbocycles. The minimum atomic E-state index is -0.0997. The van der Waals surface area contributed by atoms with E-state index in [0.717, 1.165) is 34.1 Å². The summed E-state index contributed by atoms with van der Waals surface area (Å²) in [6.07, 6.45) is 4.74. The Morgan fingerprint density at radius 3 is 2.64 bits per heavy atom. The molecule has 6 rings (SSSR count). The predicted molar refractivity (Wildman–Crippen MR) is 142 cm³/mol. The average molecular weight is 477 g/mol. The molecule has 6 aromatic rings. The summed E-state index contributed by atoms with van der Waals surface area (Å²) in [5.41, 5.74) is 6.28. The third kappa shape index (κ3) is 3.92. The molecule has 0 saturated heterocycles. The number of aromatic amines is 2. The number of nitrogens with zero attached hydrogens (tertiary/aromatic N) is 3. The lowest BCUT2D eigenvalue weighted by molar-refractivity contribution is -0.115. The molecule has 178 valence electrons. The van der Waals surface area contributed by atoms with Gasteiger partial charge in [0.15, 0.2) is 0 Å². The summed E-state index contributed by atoms with van der Waals surface area (Å²) in [4.78, 5) is 40.4. The predicted octanol–water partition coefficient (Wildman–Crippen LogP) is 5.01. The lowest BCUT2D eigenvalue weighted by Gasteiger charge is -2.08. The summed E-state index contributed by atoms with van der Waals surface area (Å²) in [5, 5.41) is 4.50. The van der Waals surface area contributed by atoms with Crippen LogP contribution >= 0.6 is 0 Å². The van der Waals surface area contributed by atoms with Crippen molar-refractivity contribution in [2.24, 2.45) is 0 Å². The molecule has 0 spiro atoms. The third-order valence-electron chi connectivity index (χ3n) is 6.52. The summed E-state index contributed by atoms with van der Waals surface area (Å²) < 4.78 is 1.68. The summed E-state index contributed by atoms with van der Waals surface area (Å²) in [5.74, 6) is 0.326. The molecule has 0 aliphatic carbocycles. The summed E-state index contributed by atoms with van der Waals surface area (Å²) in [6.45, 7) is 2.33. The van der Waals surface area contributed by atoms with Crippen molar-refractivity contribution in [3.05, 3.63) is 89.1 Å². The highest BCUT2D eigenvalue weighted by atomic mass is 16.1. The topological polar surface area (TPSA) is 108 Å². The Hall–Kier alpha value is -4.72. The van der Waals surface area contributed by atoms with E-state index in [2.05, 4.69) is 31.3 Å². The molecule has 0 aliphatic rings. The van der Waals surface area contributed by atoms with Crippen molar-refractivity contribution in [1.29, 1.82) is 0 Å². The van der Waals surface area contributed by atoms with E-state index in [4.69, 9.17) is 0 Å². The fourth-order valence-electron chi connectivity index (χ4n) is 4.55. The van der Waals surface area contributed by atoms with Crippen LogP contribution in [-0.4, -0.2) is 30.4 Å². The van der Waals surface area contributed by atoms with Crippen LogP contribution in [0.4, 0.5) is 5.95 Å². The second-order valence-electron chi connectivity index (χ2n) is 8.80. The first-order chi connectivity index (χ1) is 17.6. The fraction of sp³-hybridized carbons (Fsp3) is 0.143. The monoisotopic (exact) mass is 476 g/mol. The van der Waals surface area contributed by atoms with Crippen molar-refractivity contribution in [3.8, 4) is 11.1 Å². The Kier molecular flexibility index (Phi) is 5.33. The van der Waals surface area contributed by atoms with E-state index in [1.807, 2.05) is 60.8 Å². The van der Waals surface area contributed by atoms with Crippen LogP contribution < -0.4 is 10.9 Å². The Bertz CT molecular complexity index is 1810. The number of benzene rings is 3. The maximum atomic E-state index is 13.3. The minimum absolute atomic E-state index is 0.0612. The number of nitrogens with one attached hydrogen (secondary N) is 3. The summed E-state index contributed by atoms with van der Waals surface area (Å²) >= 11 is 0. The molecule has 8 nitrogen and oxygen atoms in total. The fourth-order valence-corrected chi connectivity index (χ4v) is 4.55. The molecule has 8 heteroatoms. The van der Waals surface area contributed by atoms with Gasteiger partial charge in [-0.2, -0.15) is 0 Å². The van der Waals surface area contributed by atoms with Crippen molar-refractivity contribution < 1.29 is 4.79 Å². The molecule has 0 radical (unpaired) electrons. The number of carbonyl (C=O) groups is 1. The van der Waals surface area contributed by atoms with Gasteiger partial charge in [-0.3, -0.25) is 19.5 Å². The Balaban J connectivity index is 1.31. The number of para-hydroxylation sites is 1. The van der Waals surface area contributed by atoms with Gasteiger partial charge in [0.05, 0.1) is 28.3 Å². The first kappa shape index (κ1) is 21.8. The average Bonchev–Trinajstić information content (AvgIpc) is 3.51. The zero-order chi connectivity index (χ0) is 24.6. The summed E-state index contributed by atoms with van der Waals surface area (Å²) in [6, 6.07) is 19.7. The molecule has 0 unspecified atom stereocenters. The number of hydrogen-bond donors (Lipinski definition) is 3. The van der Waals surface area contributed by atoms with Gasteiger partial charge in [0.25, 0.3) is 5.56 Å². The van der Waals surface area contributed by atoms with E-state index in [1.165, 1.54) is 10.9 Å². The van der Waals surface area contributed by atoms with Crippen molar-refractivity contribution in [2.75, 3.05) is 5.32 Å². The largest absolute Gasteiger partial charge is 0.361 e. The molecule has 1 amide bonds. The van der Waals surface area contributed by atoms with Crippen LogP contribution in [0.5, 0.6) is 0 Å². The highest BCUT2D eigenvalue weighted by Gasteiger charge is 2.11. The molecular formula is C28H24N6O2. The summed E-state index contributed by atoms with van der Waals surface area (Å²) in [7, 11) is 0. The zero-order valence-corrected chi connectivity index (χ0v) is 19.7. The molecule has 0 bridgehead atoms. The van der Waals surface area contributed by atoms with E-state index in [9.17, 15) is 9.59 Å². The Morgan fingerprint density at radius 2 is 1.78 bits per heavy atom. The Labute approximate surface area is 206 Å². The van der Waals surface area contributed by atoms with Gasteiger partial charge in [0, 0.05) is 30.1 Å². The lowest BCUT2D eigenvalue weighted by Crippen LogP contribution is -2.21. The number of anilines is 1. The van der Waals surface area contributed by atoms with Crippen molar-refractivity contribution in [2.45, 2.75) is 26.3 Å². The van der Waals surface area contributed by atoms with Crippen molar-refractivity contribution in [1.82, 2.24) is 24.5 Å². The molecule has 36 heavy (non-hydrogen) atoms. The normalized spacial score (nSPS) is 11.5. The van der Waals surface area contributed by atoms with Crippen LogP contribution in [0.1, 0.15) is 18.9 Å². The van der Waals surface area contributed by atoms with Gasteiger partial charge in [-0.1, -0.05) is 37.3 Å². The molecule has 3 aromatic carbocycles. The van der Waals surface area contributed by atoms with Crippen LogP contribution in [0.15, 0.2) is 78.0 Å². The number of carbonyl (C=O) groups excluding carboxylic acids is 1. The van der Waals surface area contributed by atoms with Gasteiger partial charge in [-0.15, -0.1) is 0 Å². The van der Waals surface area contributed by atoms with Crippen molar-refractivity contribution >= 4 is 44.7 Å². The van der Waals surface area contributed by atoms with E-state index in [1.54, 1.807) is 17.8 Å². The smallest absolute Gasteiger partial charge is 0.261 e. The standard InChI is InChI=1S/C28H24N6O2/c1-2-26(35)33-28-31-24-10-8-18(14-25(24)32-28)17-7-9-23-21(13-17)27(36)34(16-30-23)12-11-19-15-29-22-6-4-3-5-20(19)22/h3-10,13-16,29H,2,11-12H2,1H3,(H2,31,32,33,35). The molecular weight excluding hydrogens is 452 g/mol. The number of amides is 1. The van der Waals surface area contributed by atoms with Crippen LogP contribution in [0, 0.1) is 0 Å². The number of aryl methyl sites for hydroxylation is 2. The van der Waals surface area contributed by atoms with Crippen molar-refractivity contribution in [3.63, 3.8) is 0 Å². The SMILES string of the molecule is CCC(=O)Nc1nc2ccc(-c3ccc4ncn(CCc5c[nH]c6ccccc56)c(=O)c4c3)cc2[nH]1.